The molecule has 0 aliphatic rings. The zero-order chi connectivity index (χ0) is 20.6. The number of nitrogens with one attached hydrogen (secondary N) is 1. The van der Waals surface area contributed by atoms with Gasteiger partial charge in [-0.15, -0.1) is 0 Å². The van der Waals surface area contributed by atoms with Crippen LogP contribution in [0.5, 0.6) is 0 Å². The third-order valence-corrected chi connectivity index (χ3v) is 4.25. The van der Waals surface area contributed by atoms with Crippen LogP contribution < -0.4 is 5.32 Å². The normalized spacial score (nSPS) is 11.6. The molecule has 0 spiro atoms. The highest BCUT2D eigenvalue weighted by atomic mass is 16.6. The van der Waals surface area contributed by atoms with Gasteiger partial charge in [-0.25, -0.2) is 14.3 Å². The van der Waals surface area contributed by atoms with E-state index >= 15 is 0 Å². The van der Waals surface area contributed by atoms with E-state index in [1.54, 1.807) is 9.20 Å². The number of anilines is 1. The van der Waals surface area contributed by atoms with Gasteiger partial charge in [0, 0.05) is 41.8 Å². The van der Waals surface area contributed by atoms with Gasteiger partial charge in [0.05, 0.1) is 17.4 Å². The number of hydrogen-bond acceptors (Lipinski definition) is 5. The van der Waals surface area contributed by atoms with Crippen molar-refractivity contribution in [2.24, 2.45) is 7.05 Å². The summed E-state index contributed by atoms with van der Waals surface area (Å²) in [6.07, 6.45) is 6.78. The van der Waals surface area contributed by atoms with Crippen LogP contribution in [0.1, 0.15) is 20.8 Å². The van der Waals surface area contributed by atoms with Gasteiger partial charge in [0.2, 0.25) is 0 Å². The Hall–Kier alpha value is -3.68. The molecule has 0 saturated heterocycles. The summed E-state index contributed by atoms with van der Waals surface area (Å²) < 4.78 is 8.85. The van der Waals surface area contributed by atoms with Crippen molar-refractivity contribution in [3.05, 3.63) is 55.2 Å². The first-order valence-corrected chi connectivity index (χ1v) is 9.21. The van der Waals surface area contributed by atoms with Crippen LogP contribution in [0.15, 0.2) is 55.2 Å². The summed E-state index contributed by atoms with van der Waals surface area (Å²) >= 11 is 0. The maximum absolute atomic E-state index is 11.9. The topological polar surface area (TPSA) is 86.3 Å². The van der Waals surface area contributed by atoms with Gasteiger partial charge in [-0.05, 0) is 39.0 Å². The van der Waals surface area contributed by atoms with Crippen molar-refractivity contribution >= 4 is 17.3 Å². The van der Waals surface area contributed by atoms with Crippen LogP contribution in [0.25, 0.3) is 27.9 Å². The second-order valence-electron chi connectivity index (χ2n) is 7.77. The number of benzene rings is 1. The Morgan fingerprint density at radius 3 is 2.45 bits per heavy atom. The first kappa shape index (κ1) is 18.7. The van der Waals surface area contributed by atoms with Crippen molar-refractivity contribution in [2.75, 3.05) is 5.32 Å². The van der Waals surface area contributed by atoms with Gasteiger partial charge in [0.25, 0.3) is 0 Å². The zero-order valence-corrected chi connectivity index (χ0v) is 16.7. The van der Waals surface area contributed by atoms with Gasteiger partial charge in [0.15, 0.2) is 0 Å². The average Bonchev–Trinajstić information content (AvgIpc) is 3.26. The van der Waals surface area contributed by atoms with Crippen molar-refractivity contribution < 1.29 is 9.53 Å². The zero-order valence-electron chi connectivity index (χ0n) is 16.7. The molecule has 0 aliphatic carbocycles. The van der Waals surface area contributed by atoms with Crippen LogP contribution in [0.4, 0.5) is 10.5 Å². The summed E-state index contributed by atoms with van der Waals surface area (Å²) in [5.41, 5.74) is 4.75. The molecule has 4 aromatic rings. The van der Waals surface area contributed by atoms with Gasteiger partial charge in [-0.2, -0.15) is 10.2 Å². The molecule has 0 saturated carbocycles. The maximum atomic E-state index is 11.9. The number of carbonyl (C=O) groups is 1. The molecule has 4 rings (SSSR count). The van der Waals surface area contributed by atoms with E-state index in [2.05, 4.69) is 20.5 Å². The Labute approximate surface area is 168 Å². The second kappa shape index (κ2) is 7.05. The Kier molecular flexibility index (Phi) is 4.54. The fourth-order valence-electron chi connectivity index (χ4n) is 3.01. The van der Waals surface area contributed by atoms with Crippen LogP contribution in [-0.2, 0) is 11.8 Å². The van der Waals surface area contributed by atoms with Crippen molar-refractivity contribution in [3.63, 3.8) is 0 Å². The summed E-state index contributed by atoms with van der Waals surface area (Å²) in [6, 6.07) is 9.50. The number of aryl methyl sites for hydroxylation is 1. The molecule has 8 nitrogen and oxygen atoms in total. The van der Waals surface area contributed by atoms with Gasteiger partial charge in [0.1, 0.15) is 11.9 Å². The van der Waals surface area contributed by atoms with Crippen LogP contribution in [-0.4, -0.2) is 36.1 Å². The number of ether oxygens (including phenoxy) is 1. The molecule has 3 heterocycles. The van der Waals surface area contributed by atoms with E-state index in [0.717, 1.165) is 27.9 Å². The van der Waals surface area contributed by atoms with Gasteiger partial charge in [-0.3, -0.25) is 10.00 Å². The quantitative estimate of drug-likeness (QED) is 0.568. The highest BCUT2D eigenvalue weighted by Crippen LogP contribution is 2.28. The molecular weight excluding hydrogens is 368 g/mol. The minimum Gasteiger partial charge on any atom is -0.444 e. The molecule has 3 aromatic heterocycles. The third kappa shape index (κ3) is 4.11. The minimum absolute atomic E-state index is 0.484. The van der Waals surface area contributed by atoms with E-state index in [1.807, 2.05) is 76.7 Å². The van der Waals surface area contributed by atoms with Crippen LogP contribution in [0.2, 0.25) is 0 Å². The number of rotatable bonds is 3. The highest BCUT2D eigenvalue weighted by Gasteiger charge is 2.16. The number of hydrogen-bond donors (Lipinski definition) is 1. The lowest BCUT2D eigenvalue weighted by Crippen LogP contribution is -2.27. The Balaban J connectivity index is 1.61. The van der Waals surface area contributed by atoms with Crippen molar-refractivity contribution in [1.29, 1.82) is 0 Å². The van der Waals surface area contributed by atoms with Crippen molar-refractivity contribution in [3.8, 4) is 22.4 Å². The van der Waals surface area contributed by atoms with Crippen molar-refractivity contribution in [2.45, 2.75) is 26.4 Å². The fraction of sp³-hybridized carbons (Fsp3) is 0.238. The Morgan fingerprint density at radius 1 is 1.03 bits per heavy atom. The van der Waals surface area contributed by atoms with E-state index in [9.17, 15) is 4.79 Å². The summed E-state index contributed by atoms with van der Waals surface area (Å²) in [6.45, 7) is 5.48. The summed E-state index contributed by atoms with van der Waals surface area (Å²) in [5.74, 6) is 0. The summed E-state index contributed by atoms with van der Waals surface area (Å²) in [4.78, 5) is 16.4. The SMILES string of the molecule is Cn1cc(-c2cc3c(-c4ccc(NC(=O)OC(C)(C)C)cc4)ncnn3c2)cn1. The molecule has 148 valence electrons. The van der Waals surface area contributed by atoms with E-state index in [4.69, 9.17) is 4.74 Å². The molecule has 0 aliphatic heterocycles. The van der Waals surface area contributed by atoms with Crippen LogP contribution in [0.3, 0.4) is 0 Å². The molecule has 1 N–H and O–H groups in total. The molecule has 8 heteroatoms. The molecular formula is C21H22N6O2. The van der Waals surface area contributed by atoms with Crippen molar-refractivity contribution in [1.82, 2.24) is 24.4 Å². The molecule has 0 fully saturated rings. The second-order valence-corrected chi connectivity index (χ2v) is 7.77. The predicted molar refractivity (Wildman–Crippen MR) is 110 cm³/mol. The molecule has 0 radical (unpaired) electrons. The molecule has 0 unspecified atom stereocenters. The monoisotopic (exact) mass is 390 g/mol. The van der Waals surface area contributed by atoms with Crippen LogP contribution in [0, 0.1) is 0 Å². The standard InChI is InChI=1S/C21H22N6O2/c1-21(2,3)29-20(28)25-17-7-5-14(6-8-17)19-18-9-15(12-27(18)24-13-22-19)16-10-23-26(4)11-16/h5-13H,1-4H3,(H,25,28). The Bertz CT molecular complexity index is 1170. The number of nitrogens with zero attached hydrogens (tertiary/aromatic N) is 5. The van der Waals surface area contributed by atoms with Gasteiger partial charge < -0.3 is 4.74 Å². The van der Waals surface area contributed by atoms with E-state index in [1.165, 1.54) is 6.33 Å². The first-order chi connectivity index (χ1) is 13.8. The molecule has 0 atom stereocenters. The molecule has 0 bridgehead atoms. The lowest BCUT2D eigenvalue weighted by atomic mass is 10.1. The number of aromatic nitrogens is 5. The predicted octanol–water partition coefficient (Wildman–Crippen LogP) is 4.14. The number of amides is 1. The van der Waals surface area contributed by atoms with E-state index in [0.29, 0.717) is 5.69 Å². The van der Waals surface area contributed by atoms with E-state index in [-0.39, 0.29) is 0 Å². The maximum Gasteiger partial charge on any atom is 0.412 e. The first-order valence-electron chi connectivity index (χ1n) is 9.21. The lowest BCUT2D eigenvalue weighted by molar-refractivity contribution is 0.0636. The largest absolute Gasteiger partial charge is 0.444 e. The Morgan fingerprint density at radius 2 is 1.79 bits per heavy atom. The van der Waals surface area contributed by atoms with Gasteiger partial charge in [-0.1, -0.05) is 12.1 Å². The summed E-state index contributed by atoms with van der Waals surface area (Å²) in [7, 11) is 1.89. The number of fused-ring (bicyclic) bond motifs is 1. The fourth-order valence-corrected chi connectivity index (χ4v) is 3.01. The molecule has 1 aromatic carbocycles. The smallest absolute Gasteiger partial charge is 0.412 e. The van der Waals surface area contributed by atoms with Crippen LogP contribution >= 0.6 is 0 Å². The molecule has 1 amide bonds. The highest BCUT2D eigenvalue weighted by molar-refractivity contribution is 5.86. The lowest BCUT2D eigenvalue weighted by Gasteiger charge is -2.19. The summed E-state index contributed by atoms with van der Waals surface area (Å²) in [5, 5.41) is 11.3. The van der Waals surface area contributed by atoms with Gasteiger partial charge >= 0.3 is 6.09 Å². The molecule has 29 heavy (non-hydrogen) atoms. The van der Waals surface area contributed by atoms with E-state index < -0.39 is 11.7 Å². The number of carbonyl (C=O) groups excluding carboxylic acids is 1. The minimum atomic E-state index is -0.544. The third-order valence-electron chi connectivity index (χ3n) is 4.25. The average molecular weight is 390 g/mol.